The average molecular weight is 1490 g/mol. The normalized spacial score (nSPS) is 22.4. The molecule has 11 rings (SSSR count). The van der Waals surface area contributed by atoms with E-state index >= 15 is 0 Å². The molecule has 2 aliphatic carbocycles. The van der Waals surface area contributed by atoms with Crippen LogP contribution in [0.4, 0.5) is 20.1 Å². The molecule has 582 valence electrons. The molecule has 0 N–H and O–H groups in total. The molecule has 5 aromatic rings. The van der Waals surface area contributed by atoms with Gasteiger partial charge in [0.05, 0.1) is 81.2 Å². The molecule has 4 aliphatic heterocycles. The molecule has 2 saturated heterocycles. The van der Waals surface area contributed by atoms with E-state index in [0.29, 0.717) is 62.4 Å². The van der Waals surface area contributed by atoms with Gasteiger partial charge in [0.15, 0.2) is 0 Å². The molecule has 2 aromatic heterocycles. The van der Waals surface area contributed by atoms with Crippen molar-refractivity contribution >= 4 is 69.7 Å². The molecule has 26 nitrogen and oxygen atoms in total. The Morgan fingerprint density at radius 2 is 1.00 bits per heavy atom. The number of benzene rings is 3. The molecule has 107 heavy (non-hydrogen) atoms. The smallest absolute Gasteiger partial charge is 0.497 e. The van der Waals surface area contributed by atoms with Crippen molar-refractivity contribution in [3.05, 3.63) is 93.3 Å². The number of carbonyl (C=O) groups excluding carboxylic acids is 7. The van der Waals surface area contributed by atoms with Crippen LogP contribution < -0.4 is 23.7 Å². The standard InChI is InChI=1S/C43H62N2O10.C38H45N3O11/c1-40(2,3)30(37(47)54-41(4,5)6)23-35(46)52-34-21-26(34)15-13-12-14-16-32-36-28(29-22-27(50-10)17-18-31(29)44-32)19-20-43(53-36)24-33(38(48)51-11)45(25-43)39(49)55-42(7,8)9;1-37(2,3)52-35(43)40-22-38(21-31(40)34(42)48-5)18-17-27-28-20-26(47-4)15-16-29(28)39-30(33(27)51-38)10-8-6-7-9-23-19-32(23)50-36(44)49-25-13-11-24(12-14-25)41(45)46/h17-18,22,26,30,33-34H,12-16,19-21,23-25H2,1-11H3;11-16,20,23,31-32H,6-10,17-19,21-22H2,1-5H3/t26-,30-,33+,34-,43-;23-,31+,32-,38-/m11/s1. The Bertz CT molecular complexity index is 4120. The maximum absolute atomic E-state index is 13.3. The SMILES string of the molecule is COC(=O)[C@@H]1C[C@]2(CCc3c(c(CCCCC[C@@H]4C[C@H]4OC(=O)C[C@H](C(=O)OC(C)(C)C)C(C)(C)C)nc4ccc(OC)cc34)O2)CN1C(=O)OC(C)(C)C.COC(=O)[C@@H]1C[C@]2(CCc3c(c(CCCCC[C@@H]4C[C@H]4OC(=O)Oc4ccc([N+](=O)[O-])cc4)nc4ccc(OC)cc34)O2)CN1C(=O)OC(C)(C)C. The van der Waals surface area contributed by atoms with Gasteiger partial charge in [0.1, 0.15) is 81.0 Å². The Hall–Kier alpha value is -9.23. The summed E-state index contributed by atoms with van der Waals surface area (Å²) in [4.78, 5) is 114. The van der Waals surface area contributed by atoms with Crippen molar-refractivity contribution in [2.45, 2.75) is 257 Å². The van der Waals surface area contributed by atoms with Gasteiger partial charge in [0, 0.05) is 46.9 Å². The van der Waals surface area contributed by atoms with Gasteiger partial charge in [-0.25, -0.2) is 33.9 Å². The highest BCUT2D eigenvalue weighted by molar-refractivity contribution is 5.89. The van der Waals surface area contributed by atoms with Crippen LogP contribution >= 0.6 is 0 Å². The minimum atomic E-state index is -0.835. The fraction of sp³-hybridized carbons (Fsp3) is 0.617. The zero-order valence-corrected chi connectivity index (χ0v) is 65.0. The number of hydrogen-bond donors (Lipinski definition) is 0. The first-order chi connectivity index (χ1) is 50.4. The fourth-order valence-electron chi connectivity index (χ4n) is 14.9. The third kappa shape index (κ3) is 20.5. The number of fused-ring (bicyclic) bond motifs is 6. The van der Waals surface area contributed by atoms with Crippen molar-refractivity contribution in [1.82, 2.24) is 19.8 Å². The lowest BCUT2D eigenvalue weighted by atomic mass is 9.78. The first-order valence-electron chi connectivity index (χ1n) is 37.5. The maximum atomic E-state index is 13.3. The highest BCUT2D eigenvalue weighted by Crippen LogP contribution is 2.49. The summed E-state index contributed by atoms with van der Waals surface area (Å²) in [5, 5.41) is 12.7. The molecule has 2 amide bonds. The quantitative estimate of drug-likeness (QED) is 0.0146. The van der Waals surface area contributed by atoms with Gasteiger partial charge in [0.2, 0.25) is 0 Å². The predicted molar refractivity (Wildman–Crippen MR) is 395 cm³/mol. The Labute approximate surface area is 626 Å². The third-order valence-electron chi connectivity index (χ3n) is 20.5. The lowest BCUT2D eigenvalue weighted by molar-refractivity contribution is -0.384. The number of amides is 2. The second-order valence-electron chi connectivity index (χ2n) is 33.4. The van der Waals surface area contributed by atoms with Gasteiger partial charge in [-0.15, -0.1) is 0 Å². The molecule has 9 atom stereocenters. The first-order valence-corrected chi connectivity index (χ1v) is 37.5. The molecule has 0 unspecified atom stereocenters. The van der Waals surface area contributed by atoms with Crippen LogP contribution in [0, 0.1) is 33.3 Å². The minimum absolute atomic E-state index is 0.00321. The summed E-state index contributed by atoms with van der Waals surface area (Å²) in [5.41, 5.74) is 1.25. The van der Waals surface area contributed by atoms with E-state index in [-0.39, 0.29) is 67.4 Å². The highest BCUT2D eigenvalue weighted by Gasteiger charge is 2.56. The summed E-state index contributed by atoms with van der Waals surface area (Å²) < 4.78 is 68.5. The lowest BCUT2D eigenvalue weighted by Gasteiger charge is -2.37. The Morgan fingerprint density at radius 1 is 0.570 bits per heavy atom. The summed E-state index contributed by atoms with van der Waals surface area (Å²) >= 11 is 0. The van der Waals surface area contributed by atoms with Crippen LogP contribution in [0.1, 0.15) is 202 Å². The molecular weight excluding hydrogens is 1380 g/mol. The van der Waals surface area contributed by atoms with E-state index in [9.17, 15) is 43.7 Å². The first kappa shape index (κ1) is 80.3. The summed E-state index contributed by atoms with van der Waals surface area (Å²) in [6.07, 6.45) is 11.2. The zero-order chi connectivity index (χ0) is 77.7. The van der Waals surface area contributed by atoms with Gasteiger partial charge < -0.3 is 56.8 Å². The number of ether oxygens (including phenoxy) is 12. The van der Waals surface area contributed by atoms with Crippen molar-refractivity contribution in [3.8, 4) is 28.7 Å². The van der Waals surface area contributed by atoms with E-state index in [1.807, 2.05) is 77.9 Å². The molecule has 2 spiro atoms. The van der Waals surface area contributed by atoms with Crippen molar-refractivity contribution in [2.24, 2.45) is 23.2 Å². The highest BCUT2D eigenvalue weighted by atomic mass is 16.7. The molecule has 0 bridgehead atoms. The summed E-state index contributed by atoms with van der Waals surface area (Å²) in [6, 6.07) is 15.3. The number of hydrogen-bond acceptors (Lipinski definition) is 23. The number of aryl methyl sites for hydroxylation is 4. The van der Waals surface area contributed by atoms with E-state index in [0.717, 1.165) is 120 Å². The Morgan fingerprint density at radius 3 is 1.40 bits per heavy atom. The van der Waals surface area contributed by atoms with Crippen molar-refractivity contribution in [3.63, 3.8) is 0 Å². The number of non-ortho nitro benzene ring substituents is 1. The Balaban J connectivity index is 0.000000229. The van der Waals surface area contributed by atoms with Crippen LogP contribution in [0.15, 0.2) is 60.7 Å². The van der Waals surface area contributed by atoms with E-state index in [1.165, 1.54) is 48.3 Å². The topological polar surface area (TPSA) is 306 Å². The average Bonchev–Trinajstić information content (AvgIpc) is 1.71. The summed E-state index contributed by atoms with van der Waals surface area (Å²) in [6.45, 7) is 22.4. The molecular formula is C81H107N5O21. The number of unbranched alkanes of at least 4 members (excludes halogenated alkanes) is 4. The number of carbonyl (C=O) groups is 7. The maximum Gasteiger partial charge on any atom is 0.514 e. The van der Waals surface area contributed by atoms with Gasteiger partial charge >= 0.3 is 42.2 Å². The molecule has 6 aliphatic rings. The van der Waals surface area contributed by atoms with Crippen LogP contribution in [0.3, 0.4) is 0 Å². The van der Waals surface area contributed by atoms with E-state index < -0.39 is 86.6 Å². The fourth-order valence-corrected chi connectivity index (χ4v) is 14.9. The van der Waals surface area contributed by atoms with Crippen LogP contribution in [0.5, 0.6) is 28.7 Å². The predicted octanol–water partition coefficient (Wildman–Crippen LogP) is 15.0. The third-order valence-corrected chi connectivity index (χ3v) is 20.5. The number of nitro groups is 1. The number of aromatic nitrogens is 2. The second kappa shape index (κ2) is 32.7. The summed E-state index contributed by atoms with van der Waals surface area (Å²) in [7, 11) is 5.90. The van der Waals surface area contributed by atoms with Crippen LogP contribution in [0.25, 0.3) is 21.8 Å². The second-order valence-corrected chi connectivity index (χ2v) is 33.4. The van der Waals surface area contributed by atoms with Crippen LogP contribution in [-0.4, -0.2) is 161 Å². The minimum Gasteiger partial charge on any atom is -0.497 e. The van der Waals surface area contributed by atoms with Crippen LogP contribution in [-0.2, 0) is 78.0 Å². The zero-order valence-electron chi connectivity index (χ0n) is 65.0. The lowest BCUT2D eigenvalue weighted by Crippen LogP contribution is -2.46. The molecule has 0 radical (unpaired) electrons. The van der Waals surface area contributed by atoms with Gasteiger partial charge in [-0.3, -0.25) is 29.5 Å². The van der Waals surface area contributed by atoms with E-state index in [2.05, 4.69) is 0 Å². The summed E-state index contributed by atoms with van der Waals surface area (Å²) in [5.74, 6) is 1.31. The number of nitrogens with zero attached hydrogens (tertiary/aromatic N) is 5. The molecule has 4 fully saturated rings. The largest absolute Gasteiger partial charge is 0.514 e. The van der Waals surface area contributed by atoms with Gasteiger partial charge in [-0.2, -0.15) is 0 Å². The van der Waals surface area contributed by atoms with Crippen molar-refractivity contribution in [1.29, 1.82) is 0 Å². The Kier molecular flexibility index (Phi) is 24.5. The van der Waals surface area contributed by atoms with E-state index in [1.54, 1.807) is 55.8 Å². The van der Waals surface area contributed by atoms with Gasteiger partial charge in [-0.05, 0) is 205 Å². The number of methoxy groups -OCH3 is 4. The number of pyridine rings is 2. The van der Waals surface area contributed by atoms with Crippen molar-refractivity contribution < 1.29 is 95.3 Å². The number of likely N-dealkylation sites (tertiary alicyclic amines) is 2. The van der Waals surface area contributed by atoms with Gasteiger partial charge in [-0.1, -0.05) is 46.5 Å². The van der Waals surface area contributed by atoms with Crippen LogP contribution in [0.2, 0.25) is 0 Å². The molecule has 6 heterocycles. The van der Waals surface area contributed by atoms with E-state index in [4.69, 9.17) is 66.8 Å². The molecule has 2 saturated carbocycles. The van der Waals surface area contributed by atoms with Crippen molar-refractivity contribution in [2.75, 3.05) is 41.5 Å². The molecule has 26 heteroatoms. The number of rotatable bonds is 23. The number of esters is 4. The monoisotopic (exact) mass is 1490 g/mol. The number of nitro benzene ring substituents is 1. The van der Waals surface area contributed by atoms with Gasteiger partial charge in [0.25, 0.3) is 5.69 Å². The molecule has 3 aromatic carbocycles.